The lowest BCUT2D eigenvalue weighted by Crippen LogP contribution is -2.47. The Bertz CT molecular complexity index is 1050. The molecule has 1 saturated heterocycles. The highest BCUT2D eigenvalue weighted by atomic mass is 35.5. The Hall–Kier alpha value is -2.54. The van der Waals surface area contributed by atoms with Gasteiger partial charge in [-0.05, 0) is 49.9 Å². The Morgan fingerprint density at radius 1 is 1.13 bits per heavy atom. The third kappa shape index (κ3) is 4.17. The average molecular weight is 428 g/mol. The summed E-state index contributed by atoms with van der Waals surface area (Å²) in [6, 6.07) is 12.5. The van der Waals surface area contributed by atoms with Crippen molar-refractivity contribution >= 4 is 11.6 Å². The molecule has 0 radical (unpaired) electrons. The van der Waals surface area contributed by atoms with Crippen LogP contribution in [0.3, 0.4) is 0 Å². The zero-order chi connectivity index (χ0) is 21.3. The van der Waals surface area contributed by atoms with Crippen LogP contribution in [0, 0.1) is 6.92 Å². The topological polar surface area (TPSA) is 61.9 Å². The molecule has 158 valence electrons. The van der Waals surface area contributed by atoms with E-state index in [0.29, 0.717) is 28.6 Å². The minimum atomic E-state index is -0.355. The lowest BCUT2D eigenvalue weighted by molar-refractivity contribution is 0.125. The van der Waals surface area contributed by atoms with E-state index in [-0.39, 0.29) is 17.4 Å². The van der Waals surface area contributed by atoms with Crippen LogP contribution in [0.15, 0.2) is 57.9 Å². The molecule has 0 amide bonds. The van der Waals surface area contributed by atoms with Crippen molar-refractivity contribution in [3.63, 3.8) is 0 Å². The summed E-state index contributed by atoms with van der Waals surface area (Å²) in [4.78, 5) is 18.1. The van der Waals surface area contributed by atoms with Gasteiger partial charge in [0.1, 0.15) is 11.5 Å². The fourth-order valence-corrected chi connectivity index (χ4v) is 4.19. The van der Waals surface area contributed by atoms with E-state index in [0.717, 1.165) is 31.7 Å². The molecule has 0 bridgehead atoms. The summed E-state index contributed by atoms with van der Waals surface area (Å²) in [5.41, 5.74) is 1.80. The van der Waals surface area contributed by atoms with E-state index >= 15 is 0 Å². The fraction of sp³-hybridized carbons (Fsp3) is 0.348. The van der Waals surface area contributed by atoms with Crippen molar-refractivity contribution in [3.8, 4) is 5.75 Å². The van der Waals surface area contributed by atoms with Crippen molar-refractivity contribution in [1.29, 1.82) is 0 Å². The van der Waals surface area contributed by atoms with Crippen molar-refractivity contribution in [2.45, 2.75) is 19.5 Å². The molecule has 0 spiro atoms. The number of piperazine rings is 1. The molecule has 7 heteroatoms. The van der Waals surface area contributed by atoms with Crippen molar-refractivity contribution in [2.24, 2.45) is 0 Å². The lowest BCUT2D eigenvalue weighted by Gasteiger charge is -2.38. The molecule has 1 N–H and O–H groups in total. The van der Waals surface area contributed by atoms with E-state index in [9.17, 15) is 9.90 Å². The van der Waals surface area contributed by atoms with Crippen LogP contribution in [0.25, 0.3) is 0 Å². The molecule has 1 aliphatic heterocycles. The molecule has 1 fully saturated rings. The van der Waals surface area contributed by atoms with Gasteiger partial charge in [0, 0.05) is 36.9 Å². The van der Waals surface area contributed by atoms with E-state index in [2.05, 4.69) is 16.8 Å². The Labute approximate surface area is 180 Å². The van der Waals surface area contributed by atoms with Gasteiger partial charge in [0.2, 0.25) is 0 Å². The molecule has 1 atom stereocenters. The third-order valence-electron chi connectivity index (χ3n) is 5.78. The molecule has 1 aromatic carbocycles. The molecule has 0 saturated carbocycles. The minimum absolute atomic E-state index is 0.0204. The quantitative estimate of drug-likeness (QED) is 0.675. The van der Waals surface area contributed by atoms with Crippen LogP contribution < -0.4 is 5.56 Å². The highest BCUT2D eigenvalue weighted by molar-refractivity contribution is 6.30. The third-order valence-corrected chi connectivity index (χ3v) is 6.03. The second-order valence-corrected chi connectivity index (χ2v) is 8.29. The first-order valence-electron chi connectivity index (χ1n) is 10.1. The van der Waals surface area contributed by atoms with E-state index in [1.54, 1.807) is 23.0 Å². The number of aryl methyl sites for hydroxylation is 1. The summed E-state index contributed by atoms with van der Waals surface area (Å²) >= 11 is 6.11. The number of benzene rings is 1. The molecular formula is C23H26ClN3O3. The molecule has 0 unspecified atom stereocenters. The molecule has 1 aliphatic rings. The second kappa shape index (κ2) is 8.68. The molecule has 4 rings (SSSR count). The molecule has 3 heterocycles. The average Bonchev–Trinajstić information content (AvgIpc) is 3.23. The molecule has 3 aromatic rings. The van der Waals surface area contributed by atoms with Gasteiger partial charge in [0.25, 0.3) is 5.56 Å². The maximum absolute atomic E-state index is 13.6. The fourth-order valence-electron chi connectivity index (χ4n) is 4.07. The number of aromatic nitrogens is 1. The highest BCUT2D eigenvalue weighted by Crippen LogP contribution is 2.33. The Morgan fingerprint density at radius 2 is 1.83 bits per heavy atom. The van der Waals surface area contributed by atoms with E-state index < -0.39 is 0 Å². The highest BCUT2D eigenvalue weighted by Gasteiger charge is 2.31. The number of aromatic hydroxyl groups is 1. The number of furan rings is 1. The summed E-state index contributed by atoms with van der Waals surface area (Å²) in [5.74, 6) is 0.714. The van der Waals surface area contributed by atoms with Gasteiger partial charge in [-0.3, -0.25) is 9.69 Å². The SMILES string of the molecule is Cc1cc(O)c([C@@H](c2ccc(Cl)cc2)N2CCN(C)CC2)c(=O)n1Cc1ccco1. The molecular weight excluding hydrogens is 402 g/mol. The van der Waals surface area contributed by atoms with E-state index in [1.807, 2.05) is 37.3 Å². The monoisotopic (exact) mass is 427 g/mol. The predicted molar refractivity (Wildman–Crippen MR) is 117 cm³/mol. The van der Waals surface area contributed by atoms with Gasteiger partial charge in [-0.25, -0.2) is 0 Å². The number of rotatable bonds is 5. The van der Waals surface area contributed by atoms with E-state index in [4.69, 9.17) is 16.0 Å². The smallest absolute Gasteiger partial charge is 0.260 e. The number of halogens is 1. The molecule has 6 nitrogen and oxygen atoms in total. The zero-order valence-corrected chi connectivity index (χ0v) is 18.0. The standard InChI is InChI=1S/C23H26ClN3O3/c1-16-14-20(28)21(23(29)27(16)15-19-4-3-13-30-19)22(17-5-7-18(24)8-6-17)26-11-9-25(2)10-12-26/h3-8,13-14,22,28H,9-12,15H2,1-2H3/t22-/m1/s1. The van der Waals surface area contributed by atoms with Gasteiger partial charge >= 0.3 is 0 Å². The van der Waals surface area contributed by atoms with E-state index in [1.165, 1.54) is 0 Å². The van der Waals surface area contributed by atoms with Crippen molar-refractivity contribution in [3.05, 3.63) is 86.7 Å². The van der Waals surface area contributed by atoms with Crippen LogP contribution in [0.2, 0.25) is 5.02 Å². The number of nitrogens with zero attached hydrogens (tertiary/aromatic N) is 3. The predicted octanol–water partition coefficient (Wildman–Crippen LogP) is 3.49. The van der Waals surface area contributed by atoms with Crippen molar-refractivity contribution < 1.29 is 9.52 Å². The Balaban J connectivity index is 1.83. The summed E-state index contributed by atoms with van der Waals surface area (Å²) < 4.78 is 7.11. The maximum Gasteiger partial charge on any atom is 0.260 e. The Kier molecular flexibility index (Phi) is 5.99. The number of likely N-dealkylation sites (N-methyl/N-ethyl adjacent to an activating group) is 1. The van der Waals surface area contributed by atoms with Crippen LogP contribution in [0.1, 0.15) is 28.6 Å². The molecule has 30 heavy (non-hydrogen) atoms. The van der Waals surface area contributed by atoms with Crippen LogP contribution in [-0.4, -0.2) is 52.7 Å². The van der Waals surface area contributed by atoms with Crippen LogP contribution in [-0.2, 0) is 6.54 Å². The van der Waals surface area contributed by atoms with Crippen LogP contribution >= 0.6 is 11.6 Å². The second-order valence-electron chi connectivity index (χ2n) is 7.85. The van der Waals surface area contributed by atoms with Crippen molar-refractivity contribution in [2.75, 3.05) is 33.2 Å². The van der Waals surface area contributed by atoms with Crippen molar-refractivity contribution in [1.82, 2.24) is 14.4 Å². The minimum Gasteiger partial charge on any atom is -0.507 e. The number of hydrogen-bond donors (Lipinski definition) is 1. The molecule has 2 aromatic heterocycles. The normalized spacial score (nSPS) is 16.6. The summed E-state index contributed by atoms with van der Waals surface area (Å²) in [7, 11) is 2.09. The number of hydrogen-bond acceptors (Lipinski definition) is 5. The maximum atomic E-state index is 13.6. The van der Waals surface area contributed by atoms with Crippen LogP contribution in [0.4, 0.5) is 0 Å². The van der Waals surface area contributed by atoms with Crippen LogP contribution in [0.5, 0.6) is 5.75 Å². The van der Waals surface area contributed by atoms with Gasteiger partial charge in [-0.15, -0.1) is 0 Å². The first-order valence-corrected chi connectivity index (χ1v) is 10.5. The zero-order valence-electron chi connectivity index (χ0n) is 17.2. The molecule has 0 aliphatic carbocycles. The summed E-state index contributed by atoms with van der Waals surface area (Å²) in [5, 5.41) is 11.5. The lowest BCUT2D eigenvalue weighted by atomic mass is 9.96. The van der Waals surface area contributed by atoms with Gasteiger partial charge in [0.05, 0.1) is 24.4 Å². The van der Waals surface area contributed by atoms with Gasteiger partial charge in [0.15, 0.2) is 0 Å². The van der Waals surface area contributed by atoms with Gasteiger partial charge in [-0.2, -0.15) is 0 Å². The first-order chi connectivity index (χ1) is 14.4. The largest absolute Gasteiger partial charge is 0.507 e. The Morgan fingerprint density at radius 3 is 2.47 bits per heavy atom. The summed E-state index contributed by atoms with van der Waals surface area (Å²) in [6.45, 7) is 5.54. The van der Waals surface area contributed by atoms with Gasteiger partial charge in [-0.1, -0.05) is 23.7 Å². The first kappa shape index (κ1) is 20.7. The number of pyridine rings is 1. The summed E-state index contributed by atoms with van der Waals surface area (Å²) in [6.07, 6.45) is 1.60. The van der Waals surface area contributed by atoms with Gasteiger partial charge < -0.3 is 19.0 Å².